The minimum absolute atomic E-state index is 0.0588. The van der Waals surface area contributed by atoms with E-state index in [1.807, 2.05) is 11.0 Å². The molecule has 1 N–H and O–H groups in total. The van der Waals surface area contributed by atoms with Crippen LogP contribution >= 0.6 is 0 Å². The molecule has 1 aromatic heterocycles. The molecule has 41 heavy (non-hydrogen) atoms. The van der Waals surface area contributed by atoms with Crippen LogP contribution in [0.4, 0.5) is 24.7 Å². The third-order valence-electron chi connectivity index (χ3n) is 7.45. The molecule has 3 aromatic rings. The number of halogens is 3. The molecule has 7 nitrogen and oxygen atoms in total. The van der Waals surface area contributed by atoms with Gasteiger partial charge in [0.2, 0.25) is 5.88 Å². The van der Waals surface area contributed by atoms with Crippen molar-refractivity contribution in [3.05, 3.63) is 75.5 Å². The van der Waals surface area contributed by atoms with Gasteiger partial charge < -0.3 is 19.4 Å². The molecule has 1 aliphatic carbocycles. The fourth-order valence-electron chi connectivity index (χ4n) is 5.42. The van der Waals surface area contributed by atoms with Gasteiger partial charge in [-0.15, -0.1) is 0 Å². The minimum atomic E-state index is -4.58. The highest BCUT2D eigenvalue weighted by Gasteiger charge is 2.31. The number of aromatic nitrogens is 1. The molecule has 0 bridgehead atoms. The van der Waals surface area contributed by atoms with Gasteiger partial charge in [0.1, 0.15) is 0 Å². The Morgan fingerprint density at radius 2 is 1.78 bits per heavy atom. The number of nitriles is 1. The number of rotatable bonds is 12. The number of aryl methyl sites for hydroxylation is 3. The van der Waals surface area contributed by atoms with Crippen LogP contribution in [0.15, 0.2) is 40.9 Å². The summed E-state index contributed by atoms with van der Waals surface area (Å²) >= 11 is 0. The predicted octanol–water partition coefficient (Wildman–Crippen LogP) is 7.04. The number of unbranched alkanes of at least 4 members (excludes halogenated alkanes) is 1. The summed E-state index contributed by atoms with van der Waals surface area (Å²) in [4.78, 5) is 15.1. The molecule has 0 amide bonds. The predicted molar refractivity (Wildman–Crippen MR) is 150 cm³/mol. The summed E-state index contributed by atoms with van der Waals surface area (Å²) in [5.74, 6) is -0.388. The van der Waals surface area contributed by atoms with Gasteiger partial charge in [0.05, 0.1) is 22.9 Å². The van der Waals surface area contributed by atoms with Gasteiger partial charge in [-0.1, -0.05) is 11.2 Å². The third-order valence-corrected chi connectivity index (χ3v) is 7.45. The number of carboxylic acids is 1. The van der Waals surface area contributed by atoms with E-state index in [2.05, 4.69) is 29.1 Å². The lowest BCUT2D eigenvalue weighted by Gasteiger charge is -2.31. The smallest absolute Gasteiger partial charge is 0.416 e. The number of benzene rings is 2. The molecule has 0 saturated heterocycles. The van der Waals surface area contributed by atoms with Crippen LogP contribution in [-0.2, 0) is 36.9 Å². The van der Waals surface area contributed by atoms with E-state index in [4.69, 9.17) is 9.63 Å². The summed E-state index contributed by atoms with van der Waals surface area (Å²) < 4.78 is 46.4. The monoisotopic (exact) mass is 568 g/mol. The fraction of sp³-hybridized carbons (Fsp3) is 0.452. The van der Waals surface area contributed by atoms with Gasteiger partial charge in [0.25, 0.3) is 0 Å². The van der Waals surface area contributed by atoms with Gasteiger partial charge >= 0.3 is 12.1 Å². The molecule has 0 fully saturated rings. The number of aliphatic carboxylic acids is 1. The highest BCUT2D eigenvalue weighted by molar-refractivity contribution is 5.66. The highest BCUT2D eigenvalue weighted by atomic mass is 19.4. The second-order valence-electron chi connectivity index (χ2n) is 10.6. The lowest BCUT2D eigenvalue weighted by molar-refractivity contribution is -0.138. The lowest BCUT2D eigenvalue weighted by atomic mass is 9.89. The van der Waals surface area contributed by atoms with Crippen LogP contribution in [0.5, 0.6) is 0 Å². The topological polar surface area (TPSA) is 93.6 Å². The molecule has 2 aromatic carbocycles. The number of nitrogens with zero attached hydrogens (tertiary/aromatic N) is 4. The van der Waals surface area contributed by atoms with Gasteiger partial charge in [0.15, 0.2) is 0 Å². The van der Waals surface area contributed by atoms with Crippen LogP contribution < -0.4 is 9.80 Å². The molecule has 218 valence electrons. The van der Waals surface area contributed by atoms with Crippen molar-refractivity contribution in [2.24, 2.45) is 0 Å². The van der Waals surface area contributed by atoms with E-state index in [9.17, 15) is 23.2 Å². The van der Waals surface area contributed by atoms with E-state index in [-0.39, 0.29) is 18.5 Å². The van der Waals surface area contributed by atoms with Crippen molar-refractivity contribution in [3.8, 4) is 6.07 Å². The molecule has 0 radical (unpaired) electrons. The zero-order chi connectivity index (χ0) is 29.6. The average molecular weight is 569 g/mol. The van der Waals surface area contributed by atoms with Gasteiger partial charge in [0, 0.05) is 44.4 Å². The Labute approximate surface area is 238 Å². The van der Waals surface area contributed by atoms with Crippen molar-refractivity contribution in [3.63, 3.8) is 0 Å². The number of carboxylic acid groups (broad SMARTS) is 1. The van der Waals surface area contributed by atoms with Crippen LogP contribution in [0, 0.1) is 18.3 Å². The number of carbonyl (C=O) groups is 1. The maximum atomic E-state index is 13.6. The number of hydrogen-bond acceptors (Lipinski definition) is 6. The molecule has 0 spiro atoms. The molecule has 0 aliphatic heterocycles. The first-order chi connectivity index (χ1) is 19.6. The van der Waals surface area contributed by atoms with E-state index in [1.165, 1.54) is 17.2 Å². The Kier molecular flexibility index (Phi) is 9.58. The number of fused-ring (bicyclic) bond motifs is 1. The molecule has 4 rings (SSSR count). The maximum absolute atomic E-state index is 13.6. The Morgan fingerprint density at radius 3 is 2.39 bits per heavy atom. The summed E-state index contributed by atoms with van der Waals surface area (Å²) in [6.45, 7) is 5.68. The standard InChI is InChI=1S/C31H35F3N4O3/c1-3-37(11-7-6-10-30(39)40)28-17-25-9-5-4-8-24(25)16-26(28)20-38(29-12-21(2)36-41-29)19-23-13-22(18-35)14-27(15-23)31(32,33)34/h12-17H,3-11,19-20H2,1-2H3,(H,39,40). The second-order valence-corrected chi connectivity index (χ2v) is 10.6. The van der Waals surface area contributed by atoms with E-state index in [0.29, 0.717) is 36.7 Å². The summed E-state index contributed by atoms with van der Waals surface area (Å²) in [6, 6.07) is 11.4. The molecule has 1 aliphatic rings. The summed E-state index contributed by atoms with van der Waals surface area (Å²) in [5, 5.41) is 22.5. The Bertz CT molecular complexity index is 1410. The van der Waals surface area contributed by atoms with Crippen molar-refractivity contribution in [1.29, 1.82) is 5.26 Å². The van der Waals surface area contributed by atoms with Crippen LogP contribution in [0.2, 0.25) is 0 Å². The number of alkyl halides is 3. The molecule has 0 atom stereocenters. The Balaban J connectivity index is 1.72. The van der Waals surface area contributed by atoms with Gasteiger partial charge in [-0.25, -0.2) is 0 Å². The first-order valence-corrected chi connectivity index (χ1v) is 14.0. The van der Waals surface area contributed by atoms with Gasteiger partial charge in [-0.2, -0.15) is 18.4 Å². The van der Waals surface area contributed by atoms with Crippen molar-refractivity contribution in [2.45, 2.75) is 78.1 Å². The third kappa shape index (κ3) is 7.81. The lowest BCUT2D eigenvalue weighted by Crippen LogP contribution is -2.28. The van der Waals surface area contributed by atoms with Crippen molar-refractivity contribution < 1.29 is 27.6 Å². The molecular formula is C31H35F3N4O3. The molecule has 0 saturated carbocycles. The van der Waals surface area contributed by atoms with E-state index in [0.717, 1.165) is 62.0 Å². The SMILES string of the molecule is CCN(CCCCC(=O)O)c1cc2c(cc1CN(Cc1cc(C#N)cc(C(F)(F)F)c1)c1cc(C)no1)CCCC2. The molecule has 0 unspecified atom stereocenters. The minimum Gasteiger partial charge on any atom is -0.481 e. The first kappa shape index (κ1) is 30.0. The molecular weight excluding hydrogens is 533 g/mol. The average Bonchev–Trinajstić information content (AvgIpc) is 3.38. The summed E-state index contributed by atoms with van der Waals surface area (Å²) in [6.07, 6.45) is 1.02. The zero-order valence-corrected chi connectivity index (χ0v) is 23.4. The van der Waals surface area contributed by atoms with Crippen molar-refractivity contribution in [1.82, 2.24) is 5.16 Å². The van der Waals surface area contributed by atoms with E-state index < -0.39 is 17.7 Å². The van der Waals surface area contributed by atoms with E-state index in [1.54, 1.807) is 13.0 Å². The molecule has 1 heterocycles. The quantitative estimate of drug-likeness (QED) is 0.234. The van der Waals surface area contributed by atoms with Gasteiger partial charge in [-0.3, -0.25) is 4.79 Å². The van der Waals surface area contributed by atoms with Gasteiger partial charge in [-0.05, 0) is 98.9 Å². The number of anilines is 2. The fourth-order valence-corrected chi connectivity index (χ4v) is 5.42. The van der Waals surface area contributed by atoms with E-state index >= 15 is 0 Å². The Morgan fingerprint density at radius 1 is 1.05 bits per heavy atom. The molecule has 10 heteroatoms. The highest BCUT2D eigenvalue weighted by Crippen LogP contribution is 2.34. The zero-order valence-electron chi connectivity index (χ0n) is 23.4. The van der Waals surface area contributed by atoms with Crippen LogP contribution in [0.1, 0.15) is 78.1 Å². The number of hydrogen-bond donors (Lipinski definition) is 1. The maximum Gasteiger partial charge on any atom is 0.416 e. The van der Waals surface area contributed by atoms with Crippen LogP contribution in [-0.4, -0.2) is 29.3 Å². The Hall–Kier alpha value is -4.00. The van der Waals surface area contributed by atoms with Crippen molar-refractivity contribution in [2.75, 3.05) is 22.9 Å². The van der Waals surface area contributed by atoms with Crippen LogP contribution in [0.3, 0.4) is 0 Å². The second kappa shape index (κ2) is 13.1. The first-order valence-electron chi connectivity index (χ1n) is 14.0. The van der Waals surface area contributed by atoms with Crippen molar-refractivity contribution >= 4 is 17.5 Å². The normalized spacial score (nSPS) is 13.0. The summed E-state index contributed by atoms with van der Waals surface area (Å²) in [5.41, 5.74) is 4.68. The largest absolute Gasteiger partial charge is 0.481 e. The summed E-state index contributed by atoms with van der Waals surface area (Å²) in [7, 11) is 0. The van der Waals surface area contributed by atoms with Crippen LogP contribution in [0.25, 0.3) is 0 Å².